The van der Waals surface area contributed by atoms with Gasteiger partial charge in [-0.2, -0.15) is 0 Å². The van der Waals surface area contributed by atoms with Gasteiger partial charge in [-0.3, -0.25) is 9.97 Å². The maximum absolute atomic E-state index is 4.28. The first-order valence-corrected chi connectivity index (χ1v) is 51.5. The fraction of sp³-hybridized carbons (Fsp3) is 0. The number of para-hydroxylation sites is 7. The second-order valence-corrected chi connectivity index (χ2v) is 39.7. The van der Waals surface area contributed by atoms with Crippen LogP contribution in [0.15, 0.2) is 534 Å². The molecule has 8 nitrogen and oxygen atoms in total. The number of hydrogen-bond acceptors (Lipinski definition) is 2. The number of nitrogens with zero attached hydrogens (tertiary/aromatic N) is 8. The minimum atomic E-state index is 1.11. The number of fused-ring (bicyclic) bond motifs is 36. The summed E-state index contributed by atoms with van der Waals surface area (Å²) in [5.41, 5.74) is 28.6. The van der Waals surface area contributed by atoms with Crippen molar-refractivity contribution in [1.82, 2.24) is 37.4 Å². The van der Waals surface area contributed by atoms with Gasteiger partial charge in [-0.05, 0) is 300 Å². The molecule has 0 bridgehead atoms. The number of pyridine rings is 2. The highest BCUT2D eigenvalue weighted by Gasteiger charge is 2.25. The van der Waals surface area contributed by atoms with E-state index in [0.29, 0.717) is 0 Å². The molecule has 0 N–H and O–H groups in total. The van der Waals surface area contributed by atoms with Crippen LogP contribution in [0.1, 0.15) is 0 Å². The Balaban J connectivity index is 0.000000101. The van der Waals surface area contributed by atoms with Gasteiger partial charge in [0, 0.05) is 124 Å². The zero-order valence-corrected chi connectivity index (χ0v) is 81.4. The summed E-state index contributed by atoms with van der Waals surface area (Å²) >= 11 is 0. The molecule has 25 aromatic carbocycles. The third kappa shape index (κ3) is 13.1. The Morgan fingerprint density at radius 1 is 0.0933 bits per heavy atom. The molecule has 8 aromatic heterocycles. The van der Waals surface area contributed by atoms with E-state index in [0.717, 1.165) is 11.4 Å². The zero-order chi connectivity index (χ0) is 98.3. The van der Waals surface area contributed by atoms with Gasteiger partial charge in [0.2, 0.25) is 0 Å². The van der Waals surface area contributed by atoms with Crippen LogP contribution in [0.2, 0.25) is 0 Å². The lowest BCUT2D eigenvalue weighted by atomic mass is 9.94. The van der Waals surface area contributed by atoms with E-state index in [2.05, 4.69) is 547 Å². The van der Waals surface area contributed by atoms with E-state index in [9.17, 15) is 0 Å². The summed E-state index contributed by atoms with van der Waals surface area (Å²) in [6.45, 7) is 0. The highest BCUT2D eigenvalue weighted by atomic mass is 15.0. The molecule has 0 aliphatic rings. The Kier molecular flexibility index (Phi) is 19.0. The largest absolute Gasteiger partial charge is 0.309 e. The van der Waals surface area contributed by atoms with E-state index in [1.54, 1.807) is 0 Å². The maximum Gasteiger partial charge on any atom is 0.0547 e. The quantitative estimate of drug-likeness (QED) is 0.135. The van der Waals surface area contributed by atoms with E-state index in [1.807, 2.05) is 24.8 Å². The van der Waals surface area contributed by atoms with Gasteiger partial charge in [0.15, 0.2) is 0 Å². The fourth-order valence-corrected chi connectivity index (χ4v) is 25.2. The van der Waals surface area contributed by atoms with Crippen LogP contribution < -0.4 is 0 Å². The van der Waals surface area contributed by atoms with Gasteiger partial charge < -0.3 is 27.4 Å². The Morgan fingerprint density at radius 2 is 0.260 bits per heavy atom. The van der Waals surface area contributed by atoms with Crippen molar-refractivity contribution < 1.29 is 0 Å². The number of rotatable bonds is 9. The highest BCUT2D eigenvalue weighted by Crippen LogP contribution is 2.48. The molecule has 33 rings (SSSR count). The predicted molar refractivity (Wildman–Crippen MR) is 635 cm³/mol. The number of benzene rings is 25. The lowest BCUT2D eigenvalue weighted by molar-refractivity contribution is 1.16. The van der Waals surface area contributed by atoms with Crippen LogP contribution >= 0.6 is 0 Å². The van der Waals surface area contributed by atoms with Crippen molar-refractivity contribution in [3.8, 4) is 67.5 Å². The van der Waals surface area contributed by atoms with Crippen molar-refractivity contribution in [2.45, 2.75) is 0 Å². The van der Waals surface area contributed by atoms with Crippen molar-refractivity contribution in [2.75, 3.05) is 0 Å². The Bertz CT molecular complexity index is 10900. The van der Waals surface area contributed by atoms with E-state index in [-0.39, 0.29) is 0 Å². The van der Waals surface area contributed by atoms with Crippen molar-refractivity contribution in [3.63, 3.8) is 0 Å². The summed E-state index contributed by atoms with van der Waals surface area (Å²) in [7, 11) is 0. The molecule has 696 valence electrons. The van der Waals surface area contributed by atoms with Gasteiger partial charge in [-0.1, -0.05) is 340 Å². The average Bonchev–Trinajstić information content (AvgIpc) is 1.31. The third-order valence-electron chi connectivity index (χ3n) is 31.9. The molecule has 0 amide bonds. The highest BCUT2D eigenvalue weighted by molar-refractivity contribution is 6.30. The molecule has 0 fully saturated rings. The first kappa shape index (κ1) is 84.5. The van der Waals surface area contributed by atoms with E-state index >= 15 is 0 Å². The summed E-state index contributed by atoms with van der Waals surface area (Å²) in [5.74, 6) is 0. The molecular formula is C142H88N8. The minimum Gasteiger partial charge on any atom is -0.309 e. The molecule has 0 atom stereocenters. The Labute approximate surface area is 860 Å². The van der Waals surface area contributed by atoms with Crippen LogP contribution in [0.4, 0.5) is 0 Å². The monoisotopic (exact) mass is 1900 g/mol. The predicted octanol–water partition coefficient (Wildman–Crippen LogP) is 37.8. The molecular weight excluding hydrogens is 1820 g/mol. The average molecular weight is 1910 g/mol. The van der Waals surface area contributed by atoms with Gasteiger partial charge in [0.1, 0.15) is 0 Å². The first-order chi connectivity index (χ1) is 74.4. The van der Waals surface area contributed by atoms with Crippen LogP contribution in [-0.4, -0.2) is 37.4 Å². The van der Waals surface area contributed by atoms with Gasteiger partial charge in [0.05, 0.1) is 66.2 Å². The van der Waals surface area contributed by atoms with Gasteiger partial charge in [-0.15, -0.1) is 0 Å². The van der Waals surface area contributed by atoms with Crippen molar-refractivity contribution >= 4 is 228 Å². The normalized spacial score (nSPS) is 12.0. The SMILES string of the molecule is c1ccc(-n2c3ccccc3c3ccc(-c4ccc5c(c4)c4ccccc4n5-c4ccc5c6ccccc6c6ccccc6c5c4)cc32)cc1.c1ccc2c(c1)c1ccccc1c1cc(-n3c4ccccc4c4cc(-c5ccc6c(c5)c5ccccc5n6-c5ccncc5)ccc43)ccc21.c1ccc2c(c1)c1ccccc1c1cc(-n3c4ccccc4c4cc(-c5ccc6c7ccccc7n(-c7ccncc7)c6c5)ccc43)ccc21. The second-order valence-electron chi connectivity index (χ2n) is 39.7. The lowest BCUT2D eigenvalue weighted by Crippen LogP contribution is -1.95. The molecule has 0 spiro atoms. The van der Waals surface area contributed by atoms with Gasteiger partial charge in [-0.25, -0.2) is 0 Å². The number of hydrogen-bond donors (Lipinski definition) is 0. The molecule has 0 aliphatic heterocycles. The Hall–Kier alpha value is -20.1. The van der Waals surface area contributed by atoms with Crippen molar-refractivity contribution in [3.05, 3.63) is 534 Å². The maximum atomic E-state index is 4.28. The minimum absolute atomic E-state index is 1.11. The van der Waals surface area contributed by atoms with Crippen LogP contribution in [0, 0.1) is 0 Å². The molecule has 0 aliphatic carbocycles. The summed E-state index contributed by atoms with van der Waals surface area (Å²) < 4.78 is 14.4. The smallest absolute Gasteiger partial charge is 0.0547 e. The third-order valence-corrected chi connectivity index (χ3v) is 31.9. The molecule has 0 saturated carbocycles. The van der Waals surface area contributed by atoms with Gasteiger partial charge in [0.25, 0.3) is 0 Å². The van der Waals surface area contributed by atoms with Crippen LogP contribution in [-0.2, 0) is 0 Å². The molecule has 8 heterocycles. The topological polar surface area (TPSA) is 55.4 Å². The van der Waals surface area contributed by atoms with Crippen molar-refractivity contribution in [2.24, 2.45) is 0 Å². The van der Waals surface area contributed by atoms with Gasteiger partial charge >= 0.3 is 0 Å². The van der Waals surface area contributed by atoms with E-state index in [4.69, 9.17) is 0 Å². The summed E-state index contributed by atoms with van der Waals surface area (Å²) in [6.07, 6.45) is 7.45. The lowest BCUT2D eigenvalue weighted by Gasteiger charge is -2.14. The molecule has 33 aromatic rings. The summed E-state index contributed by atoms with van der Waals surface area (Å²) in [5, 5.41) is 38.2. The fourth-order valence-electron chi connectivity index (χ4n) is 25.2. The summed E-state index contributed by atoms with van der Waals surface area (Å²) in [4.78, 5) is 8.54. The molecule has 8 heteroatoms. The molecule has 0 unspecified atom stereocenters. The number of aromatic nitrogens is 8. The van der Waals surface area contributed by atoms with E-state index < -0.39 is 0 Å². The van der Waals surface area contributed by atoms with E-state index in [1.165, 1.54) is 284 Å². The molecule has 150 heavy (non-hydrogen) atoms. The standard InChI is InChI=1S/C48H30N2.2C47H29N3/c1-2-12-33(13-3-1)49-45-20-10-8-18-40(45)42-25-22-32(29-48(42)49)31-23-27-47-44(28-31)41-19-9-11-21-46(41)50(47)34-24-26-39-37-16-5-4-14-35(37)36-15-6-7-17-38(36)43(39)30-34;1-2-11-36-34(9-1)35-10-3-4-12-37(35)41-29-33(19-20-38(36)41)50-45-16-8-6-14-40(45)43-28-31(18-22-47(43)50)30-17-21-46-42(27-30)39-13-5-7-15-44(39)49(46)32-23-25-48-26-24-32;1-2-11-36-34(9-1)35-10-3-4-12-37(35)42-29-33(19-21-38(36)42)50-45-16-8-6-14-40(45)43-27-30(18-22-46(43)50)31-17-20-41-39-13-5-7-15-44(39)49(47(41)28-31)32-23-25-48-26-24-32/h1-30H;2*1-29H. The first-order valence-electron chi connectivity index (χ1n) is 51.5. The van der Waals surface area contributed by atoms with Crippen LogP contribution in [0.25, 0.3) is 295 Å². The molecule has 0 saturated heterocycles. The van der Waals surface area contributed by atoms with Crippen LogP contribution in [0.5, 0.6) is 0 Å². The van der Waals surface area contributed by atoms with Crippen molar-refractivity contribution in [1.29, 1.82) is 0 Å². The Morgan fingerprint density at radius 3 is 0.520 bits per heavy atom. The van der Waals surface area contributed by atoms with Crippen LogP contribution in [0.3, 0.4) is 0 Å². The second kappa shape index (κ2) is 33.8. The molecule has 0 radical (unpaired) electrons. The zero-order valence-electron chi connectivity index (χ0n) is 81.4. The summed E-state index contributed by atoms with van der Waals surface area (Å²) in [6, 6.07) is 187.